The number of halogens is 2. The number of para-hydroxylation sites is 2. The third-order valence-electron chi connectivity index (χ3n) is 5.29. The molecule has 0 aromatic heterocycles. The molecule has 0 bridgehead atoms. The highest BCUT2D eigenvalue weighted by atomic mass is 35.5. The fourth-order valence-electron chi connectivity index (χ4n) is 3.57. The van der Waals surface area contributed by atoms with Gasteiger partial charge in [-0.15, -0.1) is 0 Å². The first-order valence-corrected chi connectivity index (χ1v) is 12.3. The summed E-state index contributed by atoms with van der Waals surface area (Å²) >= 11 is 12.3. The van der Waals surface area contributed by atoms with E-state index in [0.29, 0.717) is 47.5 Å². The van der Waals surface area contributed by atoms with Gasteiger partial charge >= 0.3 is 0 Å². The Balaban J connectivity index is 1.41. The molecule has 0 spiro atoms. The van der Waals surface area contributed by atoms with Crippen LogP contribution in [0, 0.1) is 0 Å². The average molecular weight is 490 g/mol. The quantitative estimate of drug-likeness (QED) is 0.560. The molecule has 0 unspecified atom stereocenters. The Morgan fingerprint density at radius 2 is 1.38 bits per heavy atom. The number of carbonyl (C=O) groups is 1. The van der Waals surface area contributed by atoms with E-state index in [1.54, 1.807) is 29.2 Å². The van der Waals surface area contributed by atoms with E-state index in [1.165, 1.54) is 24.3 Å². The Morgan fingerprint density at radius 1 is 0.781 bits per heavy atom. The molecule has 0 radical (unpaired) electrons. The van der Waals surface area contributed by atoms with Crippen molar-refractivity contribution in [3.05, 3.63) is 88.4 Å². The van der Waals surface area contributed by atoms with Crippen molar-refractivity contribution >= 4 is 50.5 Å². The molecule has 0 aliphatic carbocycles. The molecule has 4 rings (SSSR count). The average Bonchev–Trinajstić information content (AvgIpc) is 2.81. The highest BCUT2D eigenvalue weighted by Crippen LogP contribution is 2.27. The maximum absolute atomic E-state index is 12.9. The zero-order chi connectivity index (χ0) is 22.7. The second-order valence-electron chi connectivity index (χ2n) is 7.34. The predicted octanol–water partition coefficient (Wildman–Crippen LogP) is 4.76. The smallest absolute Gasteiger partial charge is 0.261 e. The summed E-state index contributed by atoms with van der Waals surface area (Å²) in [5.41, 5.74) is 1.69. The fraction of sp³-hybridized carbons (Fsp3) is 0.174. The van der Waals surface area contributed by atoms with Gasteiger partial charge in [-0.2, -0.15) is 0 Å². The van der Waals surface area contributed by atoms with E-state index in [0.717, 1.165) is 5.69 Å². The topological polar surface area (TPSA) is 69.7 Å². The molecule has 0 atom stereocenters. The first-order chi connectivity index (χ1) is 15.3. The van der Waals surface area contributed by atoms with Gasteiger partial charge in [-0.3, -0.25) is 9.52 Å². The van der Waals surface area contributed by atoms with Gasteiger partial charge in [0.25, 0.3) is 15.9 Å². The Labute approximate surface area is 197 Å². The minimum absolute atomic E-state index is 0.0532. The molecular weight excluding hydrogens is 469 g/mol. The van der Waals surface area contributed by atoms with Gasteiger partial charge in [-0.1, -0.05) is 47.5 Å². The number of nitrogens with zero attached hydrogens (tertiary/aromatic N) is 2. The van der Waals surface area contributed by atoms with Crippen molar-refractivity contribution in [2.75, 3.05) is 35.8 Å². The van der Waals surface area contributed by atoms with Crippen molar-refractivity contribution in [3.8, 4) is 0 Å². The first-order valence-electron chi connectivity index (χ1n) is 10.0. The maximum atomic E-state index is 12.9. The lowest BCUT2D eigenvalue weighted by atomic mass is 10.1. The van der Waals surface area contributed by atoms with Crippen LogP contribution in [0.25, 0.3) is 0 Å². The monoisotopic (exact) mass is 489 g/mol. The molecule has 1 N–H and O–H groups in total. The van der Waals surface area contributed by atoms with Gasteiger partial charge in [-0.25, -0.2) is 8.42 Å². The lowest BCUT2D eigenvalue weighted by molar-refractivity contribution is 0.0746. The second-order valence-corrected chi connectivity index (χ2v) is 9.84. The van der Waals surface area contributed by atoms with E-state index >= 15 is 0 Å². The van der Waals surface area contributed by atoms with Crippen molar-refractivity contribution in [1.29, 1.82) is 0 Å². The zero-order valence-corrected chi connectivity index (χ0v) is 19.4. The molecule has 9 heteroatoms. The van der Waals surface area contributed by atoms with E-state index in [4.69, 9.17) is 23.2 Å². The first kappa shape index (κ1) is 22.5. The van der Waals surface area contributed by atoms with Gasteiger partial charge in [-0.05, 0) is 48.5 Å². The van der Waals surface area contributed by atoms with E-state index in [9.17, 15) is 13.2 Å². The molecule has 1 aliphatic heterocycles. The number of nitrogens with one attached hydrogen (secondary N) is 1. The predicted molar refractivity (Wildman–Crippen MR) is 128 cm³/mol. The van der Waals surface area contributed by atoms with Crippen molar-refractivity contribution < 1.29 is 13.2 Å². The number of piperazine rings is 1. The summed E-state index contributed by atoms with van der Waals surface area (Å²) in [4.78, 5) is 16.9. The van der Waals surface area contributed by atoms with Crippen LogP contribution in [0.1, 0.15) is 10.4 Å². The molecule has 166 valence electrons. The fourth-order valence-corrected chi connectivity index (χ4v) is 5.14. The molecule has 3 aromatic rings. The number of hydrogen-bond acceptors (Lipinski definition) is 4. The van der Waals surface area contributed by atoms with Gasteiger partial charge in [0.1, 0.15) is 0 Å². The van der Waals surface area contributed by atoms with Crippen molar-refractivity contribution in [2.45, 2.75) is 4.90 Å². The molecule has 1 amide bonds. The Bertz CT molecular complexity index is 1230. The van der Waals surface area contributed by atoms with Crippen LogP contribution in [0.5, 0.6) is 0 Å². The van der Waals surface area contributed by atoms with E-state index < -0.39 is 10.0 Å². The summed E-state index contributed by atoms with van der Waals surface area (Å²) < 4.78 is 27.8. The minimum atomic E-state index is -3.82. The van der Waals surface area contributed by atoms with Crippen molar-refractivity contribution in [3.63, 3.8) is 0 Å². The van der Waals surface area contributed by atoms with Gasteiger partial charge in [0.05, 0.1) is 26.3 Å². The van der Waals surface area contributed by atoms with Crippen molar-refractivity contribution in [1.82, 2.24) is 4.90 Å². The SMILES string of the molecule is O=C(c1ccc(S(=O)(=O)Nc2ccccc2Cl)cc1)N1CCN(c2ccccc2Cl)CC1. The van der Waals surface area contributed by atoms with Gasteiger partial charge < -0.3 is 9.80 Å². The molecule has 1 fully saturated rings. The number of sulfonamides is 1. The Kier molecular flexibility index (Phi) is 6.60. The van der Waals surface area contributed by atoms with E-state index in [2.05, 4.69) is 9.62 Å². The summed E-state index contributed by atoms with van der Waals surface area (Å²) in [7, 11) is -3.82. The maximum Gasteiger partial charge on any atom is 0.261 e. The van der Waals surface area contributed by atoms with Crippen LogP contribution in [0.4, 0.5) is 11.4 Å². The number of anilines is 2. The molecule has 1 heterocycles. The highest BCUT2D eigenvalue weighted by Gasteiger charge is 2.24. The largest absolute Gasteiger partial charge is 0.367 e. The van der Waals surface area contributed by atoms with Gasteiger partial charge in [0.15, 0.2) is 0 Å². The molecule has 3 aromatic carbocycles. The molecule has 1 aliphatic rings. The lowest BCUT2D eigenvalue weighted by Crippen LogP contribution is -2.48. The third kappa shape index (κ3) is 4.85. The molecule has 0 saturated carbocycles. The lowest BCUT2D eigenvalue weighted by Gasteiger charge is -2.36. The van der Waals surface area contributed by atoms with Crippen LogP contribution in [0.3, 0.4) is 0 Å². The summed E-state index contributed by atoms with van der Waals surface area (Å²) in [5.74, 6) is -0.133. The minimum Gasteiger partial charge on any atom is -0.367 e. The third-order valence-corrected chi connectivity index (χ3v) is 7.32. The van der Waals surface area contributed by atoms with Gasteiger partial charge in [0, 0.05) is 31.7 Å². The highest BCUT2D eigenvalue weighted by molar-refractivity contribution is 7.92. The van der Waals surface area contributed by atoms with Crippen LogP contribution >= 0.6 is 23.2 Å². The van der Waals surface area contributed by atoms with Gasteiger partial charge in [0.2, 0.25) is 0 Å². The summed E-state index contributed by atoms with van der Waals surface area (Å²) in [6.07, 6.45) is 0. The van der Waals surface area contributed by atoms with Crippen molar-refractivity contribution in [2.24, 2.45) is 0 Å². The summed E-state index contributed by atoms with van der Waals surface area (Å²) in [6, 6.07) is 20.2. The molecule has 1 saturated heterocycles. The normalized spacial score (nSPS) is 14.3. The van der Waals surface area contributed by atoms with Crippen LogP contribution in [-0.4, -0.2) is 45.4 Å². The van der Waals surface area contributed by atoms with Crippen LogP contribution in [-0.2, 0) is 10.0 Å². The Morgan fingerprint density at radius 3 is 2.00 bits per heavy atom. The Hall–Kier alpha value is -2.74. The standard InChI is InChI=1S/C23H21Cl2N3O3S/c24-19-5-1-3-7-21(19)26-32(30,31)18-11-9-17(10-12-18)23(29)28-15-13-27(14-16-28)22-8-4-2-6-20(22)25/h1-12,26H,13-16H2. The summed E-state index contributed by atoms with van der Waals surface area (Å²) in [6.45, 7) is 2.45. The number of amides is 1. The van der Waals surface area contributed by atoms with E-state index in [1.807, 2.05) is 24.3 Å². The summed E-state index contributed by atoms with van der Waals surface area (Å²) in [5, 5.41) is 0.994. The van der Waals surface area contributed by atoms with E-state index in [-0.39, 0.29) is 10.8 Å². The second kappa shape index (κ2) is 9.40. The van der Waals surface area contributed by atoms with Crippen LogP contribution < -0.4 is 9.62 Å². The van der Waals surface area contributed by atoms with Crippen LogP contribution in [0.2, 0.25) is 10.0 Å². The molecule has 6 nitrogen and oxygen atoms in total. The van der Waals surface area contributed by atoms with Crippen LogP contribution in [0.15, 0.2) is 77.7 Å². The molecular formula is C23H21Cl2N3O3S. The number of hydrogen-bond donors (Lipinski definition) is 1. The number of carbonyl (C=O) groups excluding carboxylic acids is 1. The molecule has 32 heavy (non-hydrogen) atoms. The number of benzene rings is 3. The zero-order valence-electron chi connectivity index (χ0n) is 17.0. The number of rotatable bonds is 5.